The Kier molecular flexibility index (Phi) is 17.3. The molecule has 0 atom stereocenters. The van der Waals surface area contributed by atoms with Crippen LogP contribution in [-0.2, 0) is 0 Å². The van der Waals surface area contributed by atoms with Crippen molar-refractivity contribution in [3.05, 3.63) is 401 Å². The summed E-state index contributed by atoms with van der Waals surface area (Å²) in [6.45, 7) is 0. The van der Waals surface area contributed by atoms with Crippen LogP contribution in [0, 0.1) is 0 Å². The fraction of sp³-hybridized carbons (Fsp3) is 0. The first-order valence-corrected chi connectivity index (χ1v) is 36.2. The number of para-hydroxylation sites is 4. The molecule has 0 amide bonds. The molecule has 4 nitrogen and oxygen atoms in total. The molecule has 107 heavy (non-hydrogen) atoms. The van der Waals surface area contributed by atoms with Gasteiger partial charge in [0.15, 0.2) is 6.20 Å². The molecule has 19 aromatic carbocycles. The number of hydrogen-bond acceptors (Lipinski definition) is 2. The molecule has 0 fully saturated rings. The molecule has 0 bridgehead atoms. The van der Waals surface area contributed by atoms with E-state index in [1.54, 1.807) is 18.3 Å². The summed E-state index contributed by atoms with van der Waals surface area (Å²) in [5.41, 5.74) is 19.8. The van der Waals surface area contributed by atoms with Crippen molar-refractivity contribution in [1.29, 1.82) is 0 Å². The largest absolute Gasteiger partial charge is 1.00 e. The smallest absolute Gasteiger partial charge is 0.202 e. The van der Waals surface area contributed by atoms with Gasteiger partial charge < -0.3 is 24.0 Å². The van der Waals surface area contributed by atoms with Crippen molar-refractivity contribution in [3.63, 3.8) is 0 Å². The van der Waals surface area contributed by atoms with Gasteiger partial charge in [-0.2, -0.15) is 0 Å². The van der Waals surface area contributed by atoms with E-state index in [0.717, 1.165) is 39.1 Å². The monoisotopic (exact) mass is 1360 g/mol. The van der Waals surface area contributed by atoms with Crippen LogP contribution >= 0.6 is 0 Å². The molecule has 2 aromatic heterocycles. The van der Waals surface area contributed by atoms with E-state index in [9.17, 15) is 5.11 Å². The molecule has 0 saturated heterocycles. The van der Waals surface area contributed by atoms with Crippen molar-refractivity contribution in [3.8, 4) is 89.6 Å². The van der Waals surface area contributed by atoms with Gasteiger partial charge in [0.05, 0.1) is 11.0 Å². The summed E-state index contributed by atoms with van der Waals surface area (Å²) in [5.74, 6) is 0.977. The minimum Gasteiger partial charge on any atom is -1.00 e. The average molecular weight is 1360 g/mol. The molecular weight excluding hydrogens is 1290 g/mol. The van der Waals surface area contributed by atoms with Crippen molar-refractivity contribution in [1.82, 2.24) is 9.55 Å². The van der Waals surface area contributed by atoms with Gasteiger partial charge in [0.2, 0.25) is 5.52 Å². The van der Waals surface area contributed by atoms with Gasteiger partial charge in [0.1, 0.15) is 5.82 Å². The maximum absolute atomic E-state index is 11.1. The van der Waals surface area contributed by atoms with Gasteiger partial charge in [0.25, 0.3) is 0 Å². The molecule has 0 aliphatic heterocycles. The fourth-order valence-corrected chi connectivity index (χ4v) is 16.0. The minimum absolute atomic E-state index is 0. The Hall–Kier alpha value is -13.5. The first kappa shape index (κ1) is 65.6. The molecule has 2 heterocycles. The minimum atomic E-state index is 0. The van der Waals surface area contributed by atoms with Gasteiger partial charge in [-0.25, -0.2) is 9.97 Å². The maximum atomic E-state index is 11.1. The van der Waals surface area contributed by atoms with Crippen molar-refractivity contribution >= 4 is 127 Å². The van der Waals surface area contributed by atoms with Crippen LogP contribution in [0.2, 0.25) is 0 Å². The average Bonchev–Trinajstić information content (AvgIpc) is 1.39. The van der Waals surface area contributed by atoms with Crippen LogP contribution in [0.15, 0.2) is 401 Å². The number of rotatable bonds is 8. The number of aromatic nitrogens is 3. The number of pyridine rings is 1. The predicted octanol–water partition coefficient (Wildman–Crippen LogP) is 26.0. The number of hydrogen-bond donors (Lipinski definition) is 0. The van der Waals surface area contributed by atoms with Crippen LogP contribution in [0.3, 0.4) is 0 Å². The second kappa shape index (κ2) is 28.3. The Balaban J connectivity index is 0.000000136. The Morgan fingerprint density at radius 1 is 0.243 bits per heavy atom. The Morgan fingerprint density at radius 2 is 0.626 bits per heavy atom. The zero-order valence-electron chi connectivity index (χ0n) is 58.9. The number of H-pyrrole nitrogens is 1. The van der Waals surface area contributed by atoms with Crippen LogP contribution < -0.4 is 10.1 Å². The Bertz CT molecular complexity index is 6900. The van der Waals surface area contributed by atoms with Crippen LogP contribution in [0.25, 0.3) is 192 Å². The SMILES string of the molecule is [Li-].[O-]c1cccc2ccc[nH+]c12.c1ccc(-n2c(-c3ccc(-c4ccc5c(-c6ccc7ccccc7c6)c6ccccc6c(-c6ccc7ccccc7c6)c5c4)cc3)nc3ccccc32)cc1.c1ccc2cc(-c3ccc(-c4c5ccccc5c(-c5cccc6ccccc56)c5ccccc45)cc3)ccc2c1. The number of nitrogens with zero attached hydrogens (tertiary/aromatic N) is 2. The number of imidazole rings is 1. The maximum Gasteiger partial charge on any atom is 0.202 e. The van der Waals surface area contributed by atoms with E-state index >= 15 is 0 Å². The van der Waals surface area contributed by atoms with E-state index < -0.39 is 0 Å². The topological polar surface area (TPSA) is 55.0 Å². The third-order valence-electron chi connectivity index (χ3n) is 21.1. The predicted molar refractivity (Wildman–Crippen MR) is 451 cm³/mol. The second-order valence-corrected chi connectivity index (χ2v) is 27.2. The van der Waals surface area contributed by atoms with Crippen molar-refractivity contribution in [2.24, 2.45) is 0 Å². The van der Waals surface area contributed by atoms with E-state index in [4.69, 9.17) is 4.98 Å². The quantitative estimate of drug-likeness (QED) is 0.112. The van der Waals surface area contributed by atoms with Gasteiger partial charge in [-0.1, -0.05) is 328 Å². The zero-order valence-corrected chi connectivity index (χ0v) is 58.9. The zero-order chi connectivity index (χ0) is 70.4. The van der Waals surface area contributed by atoms with E-state index in [1.807, 2.05) is 18.2 Å². The Morgan fingerprint density at radius 3 is 1.21 bits per heavy atom. The van der Waals surface area contributed by atoms with Crippen molar-refractivity contribution in [2.45, 2.75) is 0 Å². The number of benzene rings is 19. The van der Waals surface area contributed by atoms with E-state index in [-0.39, 0.29) is 24.6 Å². The molecule has 0 aliphatic carbocycles. The molecule has 1 N–H and O–H groups in total. The van der Waals surface area contributed by atoms with E-state index in [0.29, 0.717) is 5.52 Å². The third kappa shape index (κ3) is 12.2. The van der Waals surface area contributed by atoms with Crippen molar-refractivity contribution < 1.29 is 10.1 Å². The van der Waals surface area contributed by atoms with Gasteiger partial charge in [0, 0.05) is 22.7 Å². The number of nitrogens with one attached hydrogen (secondary N) is 1. The normalized spacial score (nSPS) is 11.3. The van der Waals surface area contributed by atoms with Crippen LogP contribution in [0.1, 0.15) is 0 Å². The molecule has 21 aromatic rings. The molecule has 5 heteroatoms. The van der Waals surface area contributed by atoms with Gasteiger partial charge >= 0.3 is 0 Å². The molecule has 498 valence electrons. The van der Waals surface area contributed by atoms with Gasteiger partial charge in [-0.15, -0.1) is 0 Å². The summed E-state index contributed by atoms with van der Waals surface area (Å²) in [5, 5.41) is 32.3. The number of aromatic amines is 1. The summed E-state index contributed by atoms with van der Waals surface area (Å²) in [7, 11) is 0. The van der Waals surface area contributed by atoms with Crippen LogP contribution in [-0.4, -0.2) is 28.4 Å². The summed E-state index contributed by atoms with van der Waals surface area (Å²) >= 11 is 0. The second-order valence-electron chi connectivity index (χ2n) is 27.2. The standard InChI is InChI=1S/C53H34N2.C40H26.C9H7NO.Li/c1-2-16-44(17-3-1)55-50-21-11-10-20-49(50)54-53(55)38-26-22-37(23-27-38)41-30-31-47-48(34-41)52(43-29-25-36-13-5-7-15-40(36)33-43)46-19-9-8-18-45(46)51(47)42-28-24-35-12-4-6-14-39(35)32-42;1-2-12-31-26-32(25-22-27(31)10-1)28-20-23-30(24-21-28)39-35-15-5-7-17-37(35)40(38-18-8-6-16-36(38)39)34-19-9-13-29-11-3-4-14-33(29)34;11-8-5-1-3-7-4-2-6-10-9(7)8;/h1-34H;1-26H;1-6,11H;/q;;;-1. The molecule has 0 aliphatic rings. The summed E-state index contributed by atoms with van der Waals surface area (Å²) in [4.78, 5) is 8.03. The molecule has 0 unspecified atom stereocenters. The molecule has 0 saturated carbocycles. The van der Waals surface area contributed by atoms with Crippen LogP contribution in [0.4, 0.5) is 0 Å². The molecule has 21 rings (SSSR count). The molecule has 2 radical (unpaired) electrons. The molecule has 0 spiro atoms. The Labute approximate surface area is 632 Å². The van der Waals surface area contributed by atoms with Gasteiger partial charge in [-0.3, -0.25) is 4.57 Å². The van der Waals surface area contributed by atoms with Crippen LogP contribution in [0.5, 0.6) is 5.75 Å². The van der Waals surface area contributed by atoms with E-state index in [1.165, 1.54) is 147 Å². The first-order chi connectivity index (χ1) is 52.5. The van der Waals surface area contributed by atoms with E-state index in [2.05, 4.69) is 374 Å². The first-order valence-electron chi connectivity index (χ1n) is 36.2. The summed E-state index contributed by atoms with van der Waals surface area (Å²) < 4.78 is 2.26. The number of fused-ring (bicyclic) bond motifs is 10. The third-order valence-corrected chi connectivity index (χ3v) is 21.1. The molecular formula is C102H67LiN3O-. The fourth-order valence-electron chi connectivity index (χ4n) is 16.0. The summed E-state index contributed by atoms with van der Waals surface area (Å²) in [6.07, 6.45) is 1.75. The van der Waals surface area contributed by atoms with Crippen molar-refractivity contribution in [2.75, 3.05) is 0 Å². The van der Waals surface area contributed by atoms with Gasteiger partial charge in [-0.05, 0) is 219 Å². The summed E-state index contributed by atoms with van der Waals surface area (Å²) in [6, 6.07) is 141.